The number of aromatic nitrogens is 3. The molecular weight excluding hydrogens is 310 g/mol. The molecule has 0 bridgehead atoms. The van der Waals surface area contributed by atoms with Gasteiger partial charge in [0.25, 0.3) is 5.19 Å². The zero-order chi connectivity index (χ0) is 16.1. The maximum Gasteiger partial charge on any atom is 0.294 e. The molecule has 1 aliphatic heterocycles. The third kappa shape index (κ3) is 4.62. The fourth-order valence-electron chi connectivity index (χ4n) is 2.72. The van der Waals surface area contributed by atoms with Gasteiger partial charge in [0, 0.05) is 19.3 Å². The first-order valence-corrected chi connectivity index (χ1v) is 8.88. The van der Waals surface area contributed by atoms with Crippen LogP contribution >= 0.6 is 11.3 Å². The number of hydrogen-bond acceptors (Lipinski definition) is 7. The molecule has 1 aliphatic rings. The SMILES string of the molecule is CCOc1nnc(CN2CCC(CNc3ccc(C)cn3)C2)s1. The molecule has 0 radical (unpaired) electrons. The van der Waals surface area contributed by atoms with Crippen LogP contribution < -0.4 is 10.1 Å². The summed E-state index contributed by atoms with van der Waals surface area (Å²) in [5.74, 6) is 1.61. The third-order valence-corrected chi connectivity index (χ3v) is 4.75. The molecule has 23 heavy (non-hydrogen) atoms. The Bertz CT molecular complexity index is 615. The summed E-state index contributed by atoms with van der Waals surface area (Å²) in [6.07, 6.45) is 3.10. The maximum atomic E-state index is 5.38. The molecule has 124 valence electrons. The lowest BCUT2D eigenvalue weighted by Crippen LogP contribution is -2.22. The van der Waals surface area contributed by atoms with Crippen LogP contribution in [0.4, 0.5) is 5.82 Å². The van der Waals surface area contributed by atoms with E-state index in [1.807, 2.05) is 19.2 Å². The fourth-order valence-corrected chi connectivity index (χ4v) is 3.51. The predicted molar refractivity (Wildman–Crippen MR) is 91.9 cm³/mol. The van der Waals surface area contributed by atoms with Gasteiger partial charge in [-0.15, -0.1) is 10.2 Å². The number of hydrogen-bond donors (Lipinski definition) is 1. The molecule has 3 rings (SSSR count). The molecule has 6 nitrogen and oxygen atoms in total. The van der Waals surface area contributed by atoms with E-state index in [1.54, 1.807) is 11.3 Å². The Balaban J connectivity index is 1.43. The number of rotatable bonds is 7. The first-order chi connectivity index (χ1) is 11.2. The van der Waals surface area contributed by atoms with Gasteiger partial charge in [0.05, 0.1) is 13.2 Å². The van der Waals surface area contributed by atoms with Crippen molar-refractivity contribution in [2.24, 2.45) is 5.92 Å². The highest BCUT2D eigenvalue weighted by Crippen LogP contribution is 2.23. The molecule has 2 aromatic rings. The van der Waals surface area contributed by atoms with Gasteiger partial charge in [-0.3, -0.25) is 4.90 Å². The first kappa shape index (κ1) is 16.1. The topological polar surface area (TPSA) is 63.2 Å². The van der Waals surface area contributed by atoms with Crippen molar-refractivity contribution in [1.82, 2.24) is 20.1 Å². The second-order valence-electron chi connectivity index (χ2n) is 5.89. The minimum Gasteiger partial charge on any atom is -0.469 e. The molecule has 1 saturated heterocycles. The molecule has 0 aromatic carbocycles. The van der Waals surface area contributed by atoms with Crippen molar-refractivity contribution in [2.75, 3.05) is 31.6 Å². The predicted octanol–water partition coefficient (Wildman–Crippen LogP) is 2.57. The van der Waals surface area contributed by atoms with E-state index in [1.165, 1.54) is 12.0 Å². The van der Waals surface area contributed by atoms with E-state index < -0.39 is 0 Å². The standard InChI is InChI=1S/C16H23N5OS/c1-3-22-16-20-19-15(23-16)11-21-7-6-13(10-21)9-18-14-5-4-12(2)8-17-14/h4-5,8,13H,3,6-7,9-11H2,1-2H3,(H,17,18). The summed E-state index contributed by atoms with van der Waals surface area (Å²) in [7, 11) is 0. The molecule has 0 saturated carbocycles. The Kier molecular flexibility index (Phi) is 5.40. The molecule has 1 atom stereocenters. The molecule has 2 aromatic heterocycles. The lowest BCUT2D eigenvalue weighted by molar-refractivity contribution is 0.317. The minimum absolute atomic E-state index is 0.638. The Morgan fingerprint density at radius 1 is 1.39 bits per heavy atom. The number of nitrogens with zero attached hydrogens (tertiary/aromatic N) is 4. The van der Waals surface area contributed by atoms with E-state index in [2.05, 4.69) is 38.4 Å². The number of nitrogens with one attached hydrogen (secondary N) is 1. The fraction of sp³-hybridized carbons (Fsp3) is 0.562. The highest BCUT2D eigenvalue weighted by molar-refractivity contribution is 7.13. The van der Waals surface area contributed by atoms with Gasteiger partial charge in [0.15, 0.2) is 0 Å². The van der Waals surface area contributed by atoms with Crippen molar-refractivity contribution < 1.29 is 4.74 Å². The second kappa shape index (κ2) is 7.70. The molecule has 1 N–H and O–H groups in total. The van der Waals surface area contributed by atoms with E-state index in [0.29, 0.717) is 17.7 Å². The van der Waals surface area contributed by atoms with Crippen LogP contribution in [0.25, 0.3) is 0 Å². The average molecular weight is 333 g/mol. The van der Waals surface area contributed by atoms with Gasteiger partial charge < -0.3 is 10.1 Å². The first-order valence-electron chi connectivity index (χ1n) is 8.07. The molecule has 7 heteroatoms. The van der Waals surface area contributed by atoms with Crippen LogP contribution in [-0.2, 0) is 6.54 Å². The lowest BCUT2D eigenvalue weighted by atomic mass is 10.1. The third-order valence-electron chi connectivity index (χ3n) is 3.93. The number of anilines is 1. The second-order valence-corrected chi connectivity index (χ2v) is 6.91. The van der Waals surface area contributed by atoms with Gasteiger partial charge in [-0.1, -0.05) is 17.4 Å². The Labute approximate surface area is 140 Å². The summed E-state index contributed by atoms with van der Waals surface area (Å²) in [6, 6.07) is 4.13. The van der Waals surface area contributed by atoms with Gasteiger partial charge in [-0.2, -0.15) is 0 Å². The summed E-state index contributed by atoms with van der Waals surface area (Å²) >= 11 is 1.55. The molecule has 1 fully saturated rings. The van der Waals surface area contributed by atoms with Gasteiger partial charge in [-0.05, 0) is 44.4 Å². The lowest BCUT2D eigenvalue weighted by Gasteiger charge is -2.14. The summed E-state index contributed by atoms with van der Waals surface area (Å²) in [5, 5.41) is 13.4. The van der Waals surface area contributed by atoms with Crippen molar-refractivity contribution in [3.05, 3.63) is 28.9 Å². The number of pyridine rings is 1. The summed E-state index contributed by atoms with van der Waals surface area (Å²) in [6.45, 7) is 8.67. The molecule has 0 spiro atoms. The zero-order valence-electron chi connectivity index (χ0n) is 13.7. The molecule has 0 amide bonds. The molecule has 1 unspecified atom stereocenters. The number of ether oxygens (including phenoxy) is 1. The highest BCUT2D eigenvalue weighted by Gasteiger charge is 2.23. The van der Waals surface area contributed by atoms with E-state index in [9.17, 15) is 0 Å². The van der Waals surface area contributed by atoms with Crippen LogP contribution in [0, 0.1) is 12.8 Å². The summed E-state index contributed by atoms with van der Waals surface area (Å²) in [5.41, 5.74) is 1.19. The van der Waals surface area contributed by atoms with Crippen LogP contribution in [0.1, 0.15) is 23.9 Å². The van der Waals surface area contributed by atoms with E-state index in [-0.39, 0.29) is 0 Å². The van der Waals surface area contributed by atoms with Crippen molar-refractivity contribution in [1.29, 1.82) is 0 Å². The van der Waals surface area contributed by atoms with E-state index >= 15 is 0 Å². The average Bonchev–Trinajstić information content (AvgIpc) is 3.17. The van der Waals surface area contributed by atoms with E-state index in [4.69, 9.17) is 4.74 Å². The van der Waals surface area contributed by atoms with Crippen molar-refractivity contribution in [2.45, 2.75) is 26.8 Å². The van der Waals surface area contributed by atoms with E-state index in [0.717, 1.165) is 37.0 Å². The Hall–Kier alpha value is -1.73. The van der Waals surface area contributed by atoms with Gasteiger partial charge in [0.2, 0.25) is 0 Å². The van der Waals surface area contributed by atoms with Crippen LogP contribution in [0.5, 0.6) is 5.19 Å². The quantitative estimate of drug-likeness (QED) is 0.840. The molecule has 3 heterocycles. The van der Waals surface area contributed by atoms with Crippen LogP contribution in [0.3, 0.4) is 0 Å². The van der Waals surface area contributed by atoms with Crippen LogP contribution in [0.2, 0.25) is 0 Å². The van der Waals surface area contributed by atoms with Crippen molar-refractivity contribution in [3.8, 4) is 5.19 Å². The normalized spacial score (nSPS) is 18.3. The Morgan fingerprint density at radius 3 is 3.09 bits per heavy atom. The minimum atomic E-state index is 0.638. The Morgan fingerprint density at radius 2 is 2.30 bits per heavy atom. The van der Waals surface area contributed by atoms with Crippen LogP contribution in [0.15, 0.2) is 18.3 Å². The van der Waals surface area contributed by atoms with Gasteiger partial charge >= 0.3 is 0 Å². The number of likely N-dealkylation sites (tertiary alicyclic amines) is 1. The van der Waals surface area contributed by atoms with Crippen LogP contribution in [-0.4, -0.2) is 46.3 Å². The smallest absolute Gasteiger partial charge is 0.294 e. The van der Waals surface area contributed by atoms with Gasteiger partial charge in [-0.25, -0.2) is 4.98 Å². The van der Waals surface area contributed by atoms with Crippen molar-refractivity contribution in [3.63, 3.8) is 0 Å². The molecular formula is C16H23N5OS. The highest BCUT2D eigenvalue weighted by atomic mass is 32.1. The summed E-state index contributed by atoms with van der Waals surface area (Å²) in [4.78, 5) is 6.83. The zero-order valence-corrected chi connectivity index (χ0v) is 14.5. The number of aryl methyl sites for hydroxylation is 1. The summed E-state index contributed by atoms with van der Waals surface area (Å²) < 4.78 is 5.38. The van der Waals surface area contributed by atoms with Gasteiger partial charge in [0.1, 0.15) is 10.8 Å². The molecule has 0 aliphatic carbocycles. The maximum absolute atomic E-state index is 5.38. The largest absolute Gasteiger partial charge is 0.469 e. The van der Waals surface area contributed by atoms with Crippen molar-refractivity contribution >= 4 is 17.2 Å². The monoisotopic (exact) mass is 333 g/mol.